The van der Waals surface area contributed by atoms with E-state index in [1.54, 1.807) is 12.1 Å². The minimum Gasteiger partial charge on any atom is -0.492 e. The van der Waals surface area contributed by atoms with Crippen LogP contribution in [0.1, 0.15) is 11.1 Å². The highest BCUT2D eigenvalue weighted by Gasteiger charge is 2.26. The van der Waals surface area contributed by atoms with Gasteiger partial charge >= 0.3 is 0 Å². The summed E-state index contributed by atoms with van der Waals surface area (Å²) < 4.78 is 5.69. The Morgan fingerprint density at radius 3 is 2.85 bits per heavy atom. The van der Waals surface area contributed by atoms with Crippen molar-refractivity contribution in [3.63, 3.8) is 0 Å². The molecule has 1 aliphatic heterocycles. The zero-order valence-corrected chi connectivity index (χ0v) is 14.6. The summed E-state index contributed by atoms with van der Waals surface area (Å²) in [7, 11) is 0. The molecule has 1 aromatic heterocycles. The number of nitrogens with zero attached hydrogens (tertiary/aromatic N) is 2. The SMILES string of the molecule is N#Cc1ccc(-c2csc(NC(=O)C3COc4ccccc4C3)n2)cc1. The van der Waals surface area contributed by atoms with Crippen LogP contribution in [0.25, 0.3) is 11.3 Å². The van der Waals surface area contributed by atoms with E-state index in [0.717, 1.165) is 22.6 Å². The van der Waals surface area contributed by atoms with Crippen molar-refractivity contribution in [1.82, 2.24) is 4.98 Å². The van der Waals surface area contributed by atoms with Gasteiger partial charge in [-0.1, -0.05) is 30.3 Å². The number of thiazole rings is 1. The first-order valence-electron chi connectivity index (χ1n) is 8.20. The van der Waals surface area contributed by atoms with Crippen molar-refractivity contribution in [2.45, 2.75) is 6.42 Å². The second kappa shape index (κ2) is 6.98. The number of benzene rings is 2. The lowest BCUT2D eigenvalue weighted by Gasteiger charge is -2.24. The standard InChI is InChI=1S/C20H15N3O2S/c21-10-13-5-7-14(8-6-13)17-12-26-20(22-17)23-19(24)16-9-15-3-1-2-4-18(15)25-11-16/h1-8,12,16H,9,11H2,(H,22,23,24). The van der Waals surface area contributed by atoms with Crippen molar-refractivity contribution in [3.05, 3.63) is 65.0 Å². The molecule has 4 rings (SSSR count). The number of nitrogens with one attached hydrogen (secondary N) is 1. The Balaban J connectivity index is 1.44. The number of ether oxygens (including phenoxy) is 1. The van der Waals surface area contributed by atoms with Crippen molar-refractivity contribution in [3.8, 4) is 23.1 Å². The fraction of sp³-hybridized carbons (Fsp3) is 0.150. The zero-order valence-electron chi connectivity index (χ0n) is 13.8. The molecule has 0 fully saturated rings. The van der Waals surface area contributed by atoms with Gasteiger partial charge in [0.05, 0.1) is 23.2 Å². The highest BCUT2D eigenvalue weighted by Crippen LogP contribution is 2.29. The molecule has 1 atom stereocenters. The summed E-state index contributed by atoms with van der Waals surface area (Å²) in [6, 6.07) is 17.1. The van der Waals surface area contributed by atoms with Gasteiger partial charge in [-0.15, -0.1) is 11.3 Å². The van der Waals surface area contributed by atoms with Crippen molar-refractivity contribution in [2.75, 3.05) is 11.9 Å². The van der Waals surface area contributed by atoms with Crippen molar-refractivity contribution >= 4 is 22.4 Å². The molecule has 0 aliphatic carbocycles. The average molecular weight is 361 g/mol. The summed E-state index contributed by atoms with van der Waals surface area (Å²) in [5.41, 5.74) is 3.35. The van der Waals surface area contributed by atoms with Crippen LogP contribution >= 0.6 is 11.3 Å². The molecule has 26 heavy (non-hydrogen) atoms. The van der Waals surface area contributed by atoms with E-state index in [2.05, 4.69) is 16.4 Å². The third-order valence-electron chi connectivity index (χ3n) is 4.29. The van der Waals surface area contributed by atoms with E-state index in [4.69, 9.17) is 10.00 Å². The quantitative estimate of drug-likeness (QED) is 0.768. The molecule has 1 amide bonds. The fourth-order valence-electron chi connectivity index (χ4n) is 2.88. The lowest BCUT2D eigenvalue weighted by atomic mass is 9.96. The number of hydrogen-bond donors (Lipinski definition) is 1. The fourth-order valence-corrected chi connectivity index (χ4v) is 3.61. The van der Waals surface area contributed by atoms with E-state index in [1.165, 1.54) is 11.3 Å². The third-order valence-corrected chi connectivity index (χ3v) is 5.05. The van der Waals surface area contributed by atoms with Gasteiger partial charge in [-0.2, -0.15) is 5.26 Å². The second-order valence-electron chi connectivity index (χ2n) is 6.04. The predicted octanol–water partition coefficient (Wildman–Crippen LogP) is 3.87. The van der Waals surface area contributed by atoms with Gasteiger partial charge in [-0.25, -0.2) is 4.98 Å². The van der Waals surface area contributed by atoms with Crippen LogP contribution in [0.3, 0.4) is 0 Å². The molecule has 1 unspecified atom stereocenters. The Labute approximate surface area is 154 Å². The van der Waals surface area contributed by atoms with Crippen LogP contribution in [0.5, 0.6) is 5.75 Å². The van der Waals surface area contributed by atoms with Crippen LogP contribution in [0.15, 0.2) is 53.9 Å². The Morgan fingerprint density at radius 1 is 1.23 bits per heavy atom. The van der Waals surface area contributed by atoms with Crippen LogP contribution < -0.4 is 10.1 Å². The number of hydrogen-bond acceptors (Lipinski definition) is 5. The van der Waals surface area contributed by atoms with Gasteiger partial charge in [0, 0.05) is 10.9 Å². The van der Waals surface area contributed by atoms with Gasteiger partial charge in [-0.05, 0) is 30.2 Å². The molecule has 2 heterocycles. The van der Waals surface area contributed by atoms with Gasteiger partial charge in [0.1, 0.15) is 12.4 Å². The topological polar surface area (TPSA) is 75.0 Å². The number of para-hydroxylation sites is 1. The summed E-state index contributed by atoms with van der Waals surface area (Å²) in [6.45, 7) is 0.372. The smallest absolute Gasteiger partial charge is 0.233 e. The highest BCUT2D eigenvalue weighted by atomic mass is 32.1. The molecular weight excluding hydrogens is 346 g/mol. The average Bonchev–Trinajstić information content (AvgIpc) is 3.16. The van der Waals surface area contributed by atoms with E-state index in [-0.39, 0.29) is 11.8 Å². The predicted molar refractivity (Wildman–Crippen MR) is 100 cm³/mol. The van der Waals surface area contributed by atoms with E-state index in [9.17, 15) is 4.79 Å². The number of carbonyl (C=O) groups excluding carboxylic acids is 1. The number of rotatable bonds is 3. The van der Waals surface area contributed by atoms with Crippen molar-refractivity contribution in [1.29, 1.82) is 5.26 Å². The van der Waals surface area contributed by atoms with Crippen LogP contribution in [0, 0.1) is 17.2 Å². The Hall–Kier alpha value is -3.17. The summed E-state index contributed by atoms with van der Waals surface area (Å²) >= 11 is 1.38. The number of anilines is 1. The molecule has 3 aromatic rings. The number of amides is 1. The number of fused-ring (bicyclic) bond motifs is 1. The van der Waals surface area contributed by atoms with E-state index < -0.39 is 0 Å². The molecule has 0 bridgehead atoms. The molecule has 1 N–H and O–H groups in total. The lowest BCUT2D eigenvalue weighted by molar-refractivity contribution is -0.121. The monoisotopic (exact) mass is 361 g/mol. The third kappa shape index (κ3) is 3.30. The second-order valence-corrected chi connectivity index (χ2v) is 6.89. The van der Waals surface area contributed by atoms with Gasteiger partial charge in [0.2, 0.25) is 5.91 Å². The lowest BCUT2D eigenvalue weighted by Crippen LogP contribution is -2.32. The van der Waals surface area contributed by atoms with Crippen LogP contribution in [-0.4, -0.2) is 17.5 Å². The largest absolute Gasteiger partial charge is 0.492 e. The normalized spacial score (nSPS) is 15.4. The molecule has 2 aromatic carbocycles. The highest BCUT2D eigenvalue weighted by molar-refractivity contribution is 7.14. The zero-order chi connectivity index (χ0) is 17.9. The van der Waals surface area contributed by atoms with Gasteiger partial charge in [-0.3, -0.25) is 4.79 Å². The van der Waals surface area contributed by atoms with Crippen LogP contribution in [0.4, 0.5) is 5.13 Å². The van der Waals surface area contributed by atoms with Crippen molar-refractivity contribution in [2.24, 2.45) is 5.92 Å². The Kier molecular flexibility index (Phi) is 4.38. The summed E-state index contributed by atoms with van der Waals surface area (Å²) in [6.07, 6.45) is 0.663. The minimum absolute atomic E-state index is 0.0831. The maximum absolute atomic E-state index is 12.5. The maximum atomic E-state index is 12.5. The number of nitriles is 1. The van der Waals surface area contributed by atoms with E-state index in [0.29, 0.717) is 23.7 Å². The molecule has 5 nitrogen and oxygen atoms in total. The van der Waals surface area contributed by atoms with E-state index >= 15 is 0 Å². The van der Waals surface area contributed by atoms with Crippen molar-refractivity contribution < 1.29 is 9.53 Å². The van der Waals surface area contributed by atoms with Crippen LogP contribution in [0.2, 0.25) is 0 Å². The van der Waals surface area contributed by atoms with Gasteiger partial charge in [0.25, 0.3) is 0 Å². The Bertz CT molecular complexity index is 989. The minimum atomic E-state index is -0.229. The molecule has 0 spiro atoms. The molecule has 0 saturated heterocycles. The molecule has 1 aliphatic rings. The molecule has 128 valence electrons. The summed E-state index contributed by atoms with van der Waals surface area (Å²) in [5, 5.41) is 14.2. The first-order valence-corrected chi connectivity index (χ1v) is 9.08. The first kappa shape index (κ1) is 16.3. The summed E-state index contributed by atoms with van der Waals surface area (Å²) in [5.74, 6) is 0.543. The van der Waals surface area contributed by atoms with Crippen LogP contribution in [-0.2, 0) is 11.2 Å². The van der Waals surface area contributed by atoms with Gasteiger partial charge < -0.3 is 10.1 Å². The molecule has 0 radical (unpaired) electrons. The number of aromatic nitrogens is 1. The summed E-state index contributed by atoms with van der Waals surface area (Å²) in [4.78, 5) is 17.0. The maximum Gasteiger partial charge on any atom is 0.233 e. The molecule has 0 saturated carbocycles. The molecular formula is C20H15N3O2S. The van der Waals surface area contributed by atoms with Gasteiger partial charge in [0.15, 0.2) is 5.13 Å². The first-order chi connectivity index (χ1) is 12.7. The van der Waals surface area contributed by atoms with E-state index in [1.807, 2.05) is 41.8 Å². The molecule has 6 heteroatoms. The Morgan fingerprint density at radius 2 is 2.04 bits per heavy atom. The number of carbonyl (C=O) groups is 1.